The third-order valence-electron chi connectivity index (χ3n) is 6.60. The first kappa shape index (κ1) is 19.5. The second-order valence-electron chi connectivity index (χ2n) is 8.37. The number of piperidine rings is 1. The number of carbonyl (C=O) groups excluding carboxylic acids is 1. The lowest BCUT2D eigenvalue weighted by Gasteiger charge is -2.48. The lowest BCUT2D eigenvalue weighted by molar-refractivity contribution is -0.0138. The molecule has 1 saturated heterocycles. The second-order valence-corrected chi connectivity index (χ2v) is 8.74. The monoisotopic (exact) mass is 425 g/mol. The van der Waals surface area contributed by atoms with E-state index in [0.717, 1.165) is 18.7 Å². The predicted molar refractivity (Wildman–Crippen MR) is 115 cm³/mol. The van der Waals surface area contributed by atoms with Crippen molar-refractivity contribution in [3.8, 4) is 0 Å². The smallest absolute Gasteiger partial charge is 0.257 e. The van der Waals surface area contributed by atoms with Crippen LogP contribution < -0.4 is 5.32 Å². The Morgan fingerprint density at radius 2 is 2.10 bits per heavy atom. The molecule has 8 heteroatoms. The molecule has 30 heavy (non-hydrogen) atoms. The van der Waals surface area contributed by atoms with E-state index in [0.29, 0.717) is 34.6 Å². The topological polar surface area (TPSA) is 83.3 Å². The molecule has 2 aliphatic rings. The standard InChI is InChI=1S/C22H24ClN5O2/c1-13-18-19(23)16(11-24-20(18)27(2)26-13)21(30)28-8-7-22(17(29)12-28)9-14-5-3-4-6-15(14)10-25-22/h3-6,11,17,25,29H,7-10,12H2,1-2H3/t17-,22+/m1/s1. The summed E-state index contributed by atoms with van der Waals surface area (Å²) in [6, 6.07) is 8.31. The number of carbonyl (C=O) groups is 1. The van der Waals surface area contributed by atoms with Gasteiger partial charge in [0, 0.05) is 32.9 Å². The van der Waals surface area contributed by atoms with Gasteiger partial charge in [0.1, 0.15) is 0 Å². The Balaban J connectivity index is 1.39. The van der Waals surface area contributed by atoms with E-state index >= 15 is 0 Å². The molecule has 1 spiro atoms. The number of likely N-dealkylation sites (tertiary alicyclic amines) is 1. The van der Waals surface area contributed by atoms with Crippen molar-refractivity contribution in [2.75, 3.05) is 13.1 Å². The van der Waals surface area contributed by atoms with Gasteiger partial charge in [0.05, 0.1) is 33.3 Å². The Labute approximate surface area is 179 Å². The quantitative estimate of drug-likeness (QED) is 0.624. The highest BCUT2D eigenvalue weighted by Crippen LogP contribution is 2.34. The number of hydrogen-bond donors (Lipinski definition) is 2. The third kappa shape index (κ3) is 2.92. The molecule has 7 nitrogen and oxygen atoms in total. The minimum absolute atomic E-state index is 0.206. The molecule has 2 N–H and O–H groups in total. The van der Waals surface area contributed by atoms with Crippen LogP contribution in [0.25, 0.3) is 11.0 Å². The molecule has 0 aliphatic carbocycles. The highest BCUT2D eigenvalue weighted by molar-refractivity contribution is 6.38. The van der Waals surface area contributed by atoms with Gasteiger partial charge in [-0.1, -0.05) is 35.9 Å². The number of nitrogens with one attached hydrogen (secondary N) is 1. The summed E-state index contributed by atoms with van der Waals surface area (Å²) in [6.45, 7) is 3.39. The zero-order valence-electron chi connectivity index (χ0n) is 17.0. The second kappa shape index (κ2) is 7.04. The molecule has 2 aliphatic heterocycles. The van der Waals surface area contributed by atoms with Gasteiger partial charge in [0.25, 0.3) is 5.91 Å². The maximum absolute atomic E-state index is 13.2. The summed E-state index contributed by atoms with van der Waals surface area (Å²) >= 11 is 6.59. The number of nitrogens with zero attached hydrogens (tertiary/aromatic N) is 4. The number of aryl methyl sites for hydroxylation is 2. The third-order valence-corrected chi connectivity index (χ3v) is 6.99. The number of rotatable bonds is 1. The number of amides is 1. The molecule has 0 bridgehead atoms. The summed E-state index contributed by atoms with van der Waals surface area (Å²) in [7, 11) is 1.80. The van der Waals surface area contributed by atoms with Crippen molar-refractivity contribution in [2.45, 2.75) is 38.0 Å². The summed E-state index contributed by atoms with van der Waals surface area (Å²) in [5.74, 6) is -0.206. The first-order valence-electron chi connectivity index (χ1n) is 10.2. The van der Waals surface area contributed by atoms with Crippen LogP contribution >= 0.6 is 11.6 Å². The van der Waals surface area contributed by atoms with Crippen molar-refractivity contribution < 1.29 is 9.90 Å². The van der Waals surface area contributed by atoms with Crippen molar-refractivity contribution in [3.05, 3.63) is 57.9 Å². The molecule has 1 fully saturated rings. The number of halogens is 1. The molecule has 0 unspecified atom stereocenters. The first-order chi connectivity index (χ1) is 14.4. The maximum Gasteiger partial charge on any atom is 0.257 e. The summed E-state index contributed by atoms with van der Waals surface area (Å²) < 4.78 is 1.66. The molecule has 1 amide bonds. The largest absolute Gasteiger partial charge is 0.389 e. The summed E-state index contributed by atoms with van der Waals surface area (Å²) in [5, 5.41) is 20.0. The van der Waals surface area contributed by atoms with Gasteiger partial charge in [-0.15, -0.1) is 0 Å². The number of fused-ring (bicyclic) bond motifs is 2. The molecule has 5 rings (SSSR count). The zero-order chi connectivity index (χ0) is 21.0. The lowest BCUT2D eigenvalue weighted by atomic mass is 9.76. The van der Waals surface area contributed by atoms with E-state index in [1.54, 1.807) is 16.6 Å². The predicted octanol–water partition coefficient (Wildman–Crippen LogP) is 2.22. The van der Waals surface area contributed by atoms with Gasteiger partial charge in [0.2, 0.25) is 0 Å². The van der Waals surface area contributed by atoms with Crippen molar-refractivity contribution in [3.63, 3.8) is 0 Å². The van der Waals surface area contributed by atoms with E-state index in [1.807, 2.05) is 19.1 Å². The van der Waals surface area contributed by atoms with Gasteiger partial charge in [0.15, 0.2) is 5.65 Å². The number of pyridine rings is 1. The normalized spacial score (nSPS) is 23.7. The van der Waals surface area contributed by atoms with E-state index in [2.05, 4.69) is 27.5 Å². The fourth-order valence-corrected chi connectivity index (χ4v) is 5.19. The molecule has 3 aromatic rings. The summed E-state index contributed by atoms with van der Waals surface area (Å²) in [5.41, 5.74) is 3.87. The average molecular weight is 426 g/mol. The van der Waals surface area contributed by atoms with Crippen LogP contribution in [0, 0.1) is 6.92 Å². The number of benzene rings is 1. The van der Waals surface area contributed by atoms with Gasteiger partial charge >= 0.3 is 0 Å². The van der Waals surface area contributed by atoms with Gasteiger partial charge in [-0.05, 0) is 30.9 Å². The van der Waals surface area contributed by atoms with Crippen molar-refractivity contribution in [1.29, 1.82) is 0 Å². The zero-order valence-corrected chi connectivity index (χ0v) is 17.8. The number of β-amino-alcohol motifs (C(OH)–C–C–N with tert-alkyl or cyclic N) is 1. The SMILES string of the molecule is Cc1nn(C)c2ncc(C(=O)N3CC[C@]4(Cc5ccccc5CN4)[C@H](O)C3)c(Cl)c12. The number of aliphatic hydroxyl groups is 1. The van der Waals surface area contributed by atoms with Crippen LogP contribution in [0.1, 0.15) is 33.6 Å². The molecule has 0 saturated carbocycles. The summed E-state index contributed by atoms with van der Waals surface area (Å²) in [4.78, 5) is 19.3. The molecule has 2 aromatic heterocycles. The van der Waals surface area contributed by atoms with Crippen LogP contribution in [0.5, 0.6) is 0 Å². The fraction of sp³-hybridized carbons (Fsp3) is 0.409. The van der Waals surface area contributed by atoms with Gasteiger partial charge < -0.3 is 15.3 Å². The van der Waals surface area contributed by atoms with Crippen LogP contribution in [0.2, 0.25) is 5.02 Å². The van der Waals surface area contributed by atoms with Crippen LogP contribution in [0.4, 0.5) is 0 Å². The molecule has 1 aromatic carbocycles. The minimum atomic E-state index is -0.667. The molecule has 156 valence electrons. The molecule has 4 heterocycles. The van der Waals surface area contributed by atoms with E-state index in [9.17, 15) is 9.90 Å². The molecule has 2 atom stereocenters. The Hall–Kier alpha value is -2.48. The Kier molecular flexibility index (Phi) is 4.57. The Morgan fingerprint density at radius 1 is 1.33 bits per heavy atom. The molecular formula is C22H24ClN5O2. The first-order valence-corrected chi connectivity index (χ1v) is 10.5. The molecule has 0 radical (unpaired) electrons. The highest BCUT2D eigenvalue weighted by atomic mass is 35.5. The number of hydrogen-bond acceptors (Lipinski definition) is 5. The Bertz CT molecular complexity index is 1160. The minimum Gasteiger partial charge on any atom is -0.389 e. The summed E-state index contributed by atoms with van der Waals surface area (Å²) in [6.07, 6.45) is 2.28. The van der Waals surface area contributed by atoms with E-state index in [4.69, 9.17) is 11.6 Å². The van der Waals surface area contributed by atoms with E-state index < -0.39 is 11.6 Å². The van der Waals surface area contributed by atoms with Crippen LogP contribution in [0.15, 0.2) is 30.5 Å². The number of aliphatic hydroxyl groups excluding tert-OH is 1. The van der Waals surface area contributed by atoms with E-state index in [1.165, 1.54) is 17.3 Å². The lowest BCUT2D eigenvalue weighted by Crippen LogP contribution is -2.65. The number of aromatic nitrogens is 3. The van der Waals surface area contributed by atoms with Gasteiger partial charge in [-0.25, -0.2) is 4.98 Å². The van der Waals surface area contributed by atoms with Crippen LogP contribution in [-0.2, 0) is 20.0 Å². The van der Waals surface area contributed by atoms with Gasteiger partial charge in [-0.2, -0.15) is 5.10 Å². The van der Waals surface area contributed by atoms with Crippen molar-refractivity contribution in [1.82, 2.24) is 25.0 Å². The average Bonchev–Trinajstić information content (AvgIpc) is 3.04. The fourth-order valence-electron chi connectivity index (χ4n) is 4.84. The van der Waals surface area contributed by atoms with Crippen LogP contribution in [0.3, 0.4) is 0 Å². The molecular weight excluding hydrogens is 402 g/mol. The van der Waals surface area contributed by atoms with E-state index in [-0.39, 0.29) is 12.5 Å². The van der Waals surface area contributed by atoms with Gasteiger partial charge in [-0.3, -0.25) is 9.48 Å². The van der Waals surface area contributed by atoms with Crippen molar-refractivity contribution >= 4 is 28.5 Å². The highest BCUT2D eigenvalue weighted by Gasteiger charge is 2.45. The maximum atomic E-state index is 13.2. The Morgan fingerprint density at radius 3 is 2.87 bits per heavy atom. The van der Waals surface area contributed by atoms with Crippen molar-refractivity contribution in [2.24, 2.45) is 7.05 Å². The van der Waals surface area contributed by atoms with Crippen LogP contribution in [-0.4, -0.2) is 55.4 Å².